The van der Waals surface area contributed by atoms with Crippen LogP contribution in [0.25, 0.3) is 0 Å². The molecule has 1 amide bonds. The average Bonchev–Trinajstić information content (AvgIpc) is 2.55. The molecule has 2 aromatic carbocycles. The van der Waals surface area contributed by atoms with Gasteiger partial charge in [0.05, 0.1) is 6.42 Å². The van der Waals surface area contributed by atoms with Crippen molar-refractivity contribution in [3.63, 3.8) is 0 Å². The van der Waals surface area contributed by atoms with Gasteiger partial charge in [-0.3, -0.25) is 4.79 Å². The summed E-state index contributed by atoms with van der Waals surface area (Å²) in [5.74, 6) is 0.159. The third-order valence-corrected chi connectivity index (χ3v) is 4.36. The summed E-state index contributed by atoms with van der Waals surface area (Å²) in [6, 6.07) is 16.3. The van der Waals surface area contributed by atoms with Gasteiger partial charge < -0.3 is 9.80 Å². The summed E-state index contributed by atoms with van der Waals surface area (Å²) in [7, 11) is 4.05. The van der Waals surface area contributed by atoms with Gasteiger partial charge in [0.1, 0.15) is 0 Å². The van der Waals surface area contributed by atoms with E-state index in [1.165, 1.54) is 0 Å². The van der Waals surface area contributed by atoms with Crippen molar-refractivity contribution in [2.24, 2.45) is 0 Å². The van der Waals surface area contributed by atoms with E-state index in [2.05, 4.69) is 45.1 Å². The molecule has 0 heterocycles. The van der Waals surface area contributed by atoms with Gasteiger partial charge in [0.25, 0.3) is 0 Å². The van der Waals surface area contributed by atoms with Gasteiger partial charge in [0, 0.05) is 37.3 Å². The van der Waals surface area contributed by atoms with E-state index in [0.717, 1.165) is 21.3 Å². The van der Waals surface area contributed by atoms with Gasteiger partial charge in [-0.25, -0.2) is 0 Å². The Morgan fingerprint density at radius 2 is 1.52 bits per heavy atom. The summed E-state index contributed by atoms with van der Waals surface area (Å²) in [6.45, 7) is 3.39. The third-order valence-electron chi connectivity index (χ3n) is 3.83. The highest BCUT2D eigenvalue weighted by Crippen LogP contribution is 2.15. The van der Waals surface area contributed by atoms with Crippen molar-refractivity contribution >= 4 is 27.5 Å². The Morgan fingerprint density at radius 3 is 2.04 bits per heavy atom. The number of hydrogen-bond donors (Lipinski definition) is 0. The van der Waals surface area contributed by atoms with E-state index in [9.17, 15) is 4.79 Å². The van der Waals surface area contributed by atoms with Crippen LogP contribution in [0, 0.1) is 0 Å². The van der Waals surface area contributed by atoms with E-state index in [0.29, 0.717) is 19.5 Å². The molecule has 0 atom stereocenters. The monoisotopic (exact) mass is 374 g/mol. The first-order valence-electron chi connectivity index (χ1n) is 7.78. The topological polar surface area (TPSA) is 23.6 Å². The molecule has 122 valence electrons. The van der Waals surface area contributed by atoms with Gasteiger partial charge in [-0.05, 0) is 42.3 Å². The second-order valence-corrected chi connectivity index (χ2v) is 6.69. The molecule has 0 aliphatic rings. The normalized spacial score (nSPS) is 10.4. The van der Waals surface area contributed by atoms with Crippen molar-refractivity contribution in [3.8, 4) is 0 Å². The van der Waals surface area contributed by atoms with Crippen LogP contribution in [0.3, 0.4) is 0 Å². The number of amides is 1. The first kappa shape index (κ1) is 17.5. The van der Waals surface area contributed by atoms with Crippen LogP contribution in [-0.2, 0) is 17.8 Å². The number of carbonyl (C=O) groups is 1. The highest BCUT2D eigenvalue weighted by molar-refractivity contribution is 9.10. The van der Waals surface area contributed by atoms with E-state index in [1.807, 2.05) is 50.2 Å². The molecule has 0 spiro atoms. The summed E-state index contributed by atoms with van der Waals surface area (Å²) >= 11 is 3.42. The lowest BCUT2D eigenvalue weighted by Gasteiger charge is -2.22. The predicted octanol–water partition coefficient (Wildman–Crippen LogP) is 4.11. The van der Waals surface area contributed by atoms with Crippen LogP contribution in [0.4, 0.5) is 5.69 Å². The second-order valence-electron chi connectivity index (χ2n) is 5.77. The number of rotatable bonds is 6. The first-order chi connectivity index (χ1) is 11.0. The summed E-state index contributed by atoms with van der Waals surface area (Å²) in [5, 5.41) is 0. The molecule has 3 nitrogen and oxygen atoms in total. The minimum atomic E-state index is 0.159. The van der Waals surface area contributed by atoms with Crippen molar-refractivity contribution < 1.29 is 4.79 Å². The molecule has 0 unspecified atom stereocenters. The van der Waals surface area contributed by atoms with Crippen LogP contribution >= 0.6 is 15.9 Å². The predicted molar refractivity (Wildman–Crippen MR) is 99.7 cm³/mol. The fraction of sp³-hybridized carbons (Fsp3) is 0.316. The average molecular weight is 375 g/mol. The maximum atomic E-state index is 12.5. The van der Waals surface area contributed by atoms with Gasteiger partial charge in [0.2, 0.25) is 5.91 Å². The summed E-state index contributed by atoms with van der Waals surface area (Å²) in [6.07, 6.45) is 0.441. The first-order valence-corrected chi connectivity index (χ1v) is 8.57. The SMILES string of the molecule is CCN(Cc1ccc(N(C)C)cc1)C(=O)Cc1ccc(Br)cc1. The molecule has 23 heavy (non-hydrogen) atoms. The number of hydrogen-bond acceptors (Lipinski definition) is 2. The Balaban J connectivity index is 2.00. The molecule has 4 heteroatoms. The molecule has 0 N–H and O–H groups in total. The number of nitrogens with zero attached hydrogens (tertiary/aromatic N) is 2. The largest absolute Gasteiger partial charge is 0.378 e. The Morgan fingerprint density at radius 1 is 0.957 bits per heavy atom. The fourth-order valence-electron chi connectivity index (χ4n) is 2.38. The molecule has 0 aromatic heterocycles. The van der Waals surface area contributed by atoms with Gasteiger partial charge in [-0.2, -0.15) is 0 Å². The van der Waals surface area contributed by atoms with E-state index >= 15 is 0 Å². The Hall–Kier alpha value is -1.81. The quantitative estimate of drug-likeness (QED) is 0.759. The van der Waals surface area contributed by atoms with Crippen molar-refractivity contribution in [1.29, 1.82) is 0 Å². The summed E-state index contributed by atoms with van der Waals surface area (Å²) < 4.78 is 1.03. The molecule has 0 radical (unpaired) electrons. The molecular weight excluding hydrogens is 352 g/mol. The highest BCUT2D eigenvalue weighted by Gasteiger charge is 2.13. The lowest BCUT2D eigenvalue weighted by Crippen LogP contribution is -2.31. The second kappa shape index (κ2) is 8.16. The third kappa shape index (κ3) is 5.10. The minimum Gasteiger partial charge on any atom is -0.378 e. The smallest absolute Gasteiger partial charge is 0.227 e. The minimum absolute atomic E-state index is 0.159. The van der Waals surface area contributed by atoms with Gasteiger partial charge in [0.15, 0.2) is 0 Å². The van der Waals surface area contributed by atoms with Gasteiger partial charge in [-0.15, -0.1) is 0 Å². The van der Waals surface area contributed by atoms with Crippen LogP contribution in [0.15, 0.2) is 53.0 Å². The molecule has 0 bridgehead atoms. The van der Waals surface area contributed by atoms with Crippen LogP contribution in [0.2, 0.25) is 0 Å². The van der Waals surface area contributed by atoms with Crippen molar-refractivity contribution in [2.75, 3.05) is 25.5 Å². The van der Waals surface area contributed by atoms with E-state index in [4.69, 9.17) is 0 Å². The van der Waals surface area contributed by atoms with Crippen molar-refractivity contribution in [3.05, 3.63) is 64.1 Å². The molecule has 2 aromatic rings. The standard InChI is InChI=1S/C19H23BrN2O/c1-4-22(14-16-7-11-18(12-8-16)21(2)3)19(23)13-15-5-9-17(20)10-6-15/h5-12H,4,13-14H2,1-3H3. The maximum Gasteiger partial charge on any atom is 0.227 e. The molecule has 0 aliphatic heterocycles. The van der Waals surface area contributed by atoms with Gasteiger partial charge in [-0.1, -0.05) is 40.2 Å². The van der Waals surface area contributed by atoms with Crippen LogP contribution in [0.5, 0.6) is 0 Å². The lowest BCUT2D eigenvalue weighted by molar-refractivity contribution is -0.130. The van der Waals surface area contributed by atoms with Crippen LogP contribution in [0.1, 0.15) is 18.1 Å². The Bertz CT molecular complexity index is 635. The molecule has 2 rings (SSSR count). The fourth-order valence-corrected chi connectivity index (χ4v) is 2.65. The zero-order valence-electron chi connectivity index (χ0n) is 13.9. The van der Waals surface area contributed by atoms with Crippen molar-refractivity contribution in [1.82, 2.24) is 4.90 Å². The highest BCUT2D eigenvalue weighted by atomic mass is 79.9. The van der Waals surface area contributed by atoms with E-state index in [-0.39, 0.29) is 5.91 Å². The zero-order chi connectivity index (χ0) is 16.8. The molecule has 0 fully saturated rings. The summed E-state index contributed by atoms with van der Waals surface area (Å²) in [5.41, 5.74) is 3.36. The maximum absolute atomic E-state index is 12.5. The molecule has 0 aliphatic carbocycles. The molecule has 0 saturated carbocycles. The lowest BCUT2D eigenvalue weighted by atomic mass is 10.1. The van der Waals surface area contributed by atoms with Crippen LogP contribution < -0.4 is 4.90 Å². The van der Waals surface area contributed by atoms with Gasteiger partial charge >= 0.3 is 0 Å². The molecular formula is C19H23BrN2O. The summed E-state index contributed by atoms with van der Waals surface area (Å²) in [4.78, 5) is 16.5. The number of anilines is 1. The number of benzene rings is 2. The Kier molecular flexibility index (Phi) is 6.22. The Labute approximate surface area is 147 Å². The zero-order valence-corrected chi connectivity index (χ0v) is 15.5. The number of halogens is 1. The van der Waals surface area contributed by atoms with E-state index < -0.39 is 0 Å². The van der Waals surface area contributed by atoms with E-state index in [1.54, 1.807) is 0 Å². The number of likely N-dealkylation sites (N-methyl/N-ethyl adjacent to an activating group) is 1. The van der Waals surface area contributed by atoms with Crippen LogP contribution in [-0.4, -0.2) is 31.4 Å². The molecule has 0 saturated heterocycles. The van der Waals surface area contributed by atoms with Crippen molar-refractivity contribution in [2.45, 2.75) is 19.9 Å². The number of carbonyl (C=O) groups excluding carboxylic acids is 1.